The second kappa shape index (κ2) is 6.53. The molecule has 3 nitrogen and oxygen atoms in total. The highest BCUT2D eigenvalue weighted by atomic mass is 16.5. The van der Waals surface area contributed by atoms with Crippen molar-refractivity contribution in [1.82, 2.24) is 4.90 Å². The van der Waals surface area contributed by atoms with Crippen LogP contribution in [0.4, 0.5) is 0 Å². The molecule has 17 heavy (non-hydrogen) atoms. The highest BCUT2D eigenvalue weighted by molar-refractivity contribution is 4.97. The summed E-state index contributed by atoms with van der Waals surface area (Å²) >= 11 is 0. The standard InChI is InChI=1S/C14H25NO2/c1-12-9-15(10-14(11-16)17-12)13-7-5-3-2-4-6-8-13/h5,7,12-14,16H,2-4,6,8-11H2,1H3/b7-5+. The lowest BCUT2D eigenvalue weighted by Gasteiger charge is -2.40. The van der Waals surface area contributed by atoms with Gasteiger partial charge in [0, 0.05) is 19.1 Å². The van der Waals surface area contributed by atoms with E-state index in [1.807, 2.05) is 0 Å². The number of nitrogens with zero attached hydrogens (tertiary/aromatic N) is 1. The van der Waals surface area contributed by atoms with E-state index in [1.165, 1.54) is 32.1 Å². The molecule has 0 aromatic carbocycles. The van der Waals surface area contributed by atoms with Gasteiger partial charge >= 0.3 is 0 Å². The average Bonchev–Trinajstić information content (AvgIpc) is 2.27. The molecular formula is C14H25NO2. The fourth-order valence-corrected chi connectivity index (χ4v) is 2.90. The van der Waals surface area contributed by atoms with Crippen LogP contribution in [0.15, 0.2) is 12.2 Å². The van der Waals surface area contributed by atoms with Crippen LogP contribution in [0.25, 0.3) is 0 Å². The molecule has 0 aromatic rings. The third kappa shape index (κ3) is 3.80. The third-order valence-corrected chi connectivity index (χ3v) is 3.76. The molecule has 0 saturated carbocycles. The van der Waals surface area contributed by atoms with Crippen LogP contribution in [0, 0.1) is 0 Å². The summed E-state index contributed by atoms with van der Waals surface area (Å²) < 4.78 is 5.70. The van der Waals surface area contributed by atoms with Crippen molar-refractivity contribution >= 4 is 0 Å². The average molecular weight is 239 g/mol. The van der Waals surface area contributed by atoms with E-state index in [9.17, 15) is 5.11 Å². The van der Waals surface area contributed by atoms with Crippen molar-refractivity contribution in [2.45, 2.75) is 57.3 Å². The first-order chi connectivity index (χ1) is 8.29. The Kier molecular flexibility index (Phi) is 5.01. The number of aliphatic hydroxyl groups is 1. The van der Waals surface area contributed by atoms with E-state index in [4.69, 9.17) is 4.74 Å². The van der Waals surface area contributed by atoms with Gasteiger partial charge in [-0.25, -0.2) is 0 Å². The van der Waals surface area contributed by atoms with E-state index >= 15 is 0 Å². The number of allylic oxidation sites excluding steroid dienone is 1. The van der Waals surface area contributed by atoms with Gasteiger partial charge in [-0.15, -0.1) is 0 Å². The first-order valence-corrected chi connectivity index (χ1v) is 6.96. The predicted molar refractivity (Wildman–Crippen MR) is 69.0 cm³/mol. The van der Waals surface area contributed by atoms with Gasteiger partial charge < -0.3 is 9.84 Å². The molecule has 0 aromatic heterocycles. The highest BCUT2D eigenvalue weighted by Gasteiger charge is 2.28. The van der Waals surface area contributed by atoms with Crippen LogP contribution in [-0.4, -0.2) is 48.0 Å². The molecule has 2 rings (SSSR count). The minimum atomic E-state index is -0.00223. The fraction of sp³-hybridized carbons (Fsp3) is 0.857. The van der Waals surface area contributed by atoms with Crippen molar-refractivity contribution in [3.63, 3.8) is 0 Å². The fourth-order valence-electron chi connectivity index (χ4n) is 2.90. The van der Waals surface area contributed by atoms with Crippen LogP contribution in [0.3, 0.4) is 0 Å². The van der Waals surface area contributed by atoms with Gasteiger partial charge in [-0.2, -0.15) is 0 Å². The SMILES string of the molecule is CC1CN(C2/C=C/CCCCC2)CC(CO)O1. The Labute approximate surface area is 104 Å². The highest BCUT2D eigenvalue weighted by Crippen LogP contribution is 2.20. The van der Waals surface area contributed by atoms with E-state index in [-0.39, 0.29) is 18.8 Å². The molecule has 3 atom stereocenters. The van der Waals surface area contributed by atoms with Crippen molar-refractivity contribution in [3.05, 3.63) is 12.2 Å². The summed E-state index contributed by atoms with van der Waals surface area (Å²) in [6.07, 6.45) is 11.4. The second-order valence-electron chi connectivity index (χ2n) is 5.34. The normalized spacial score (nSPS) is 38.4. The van der Waals surface area contributed by atoms with Crippen molar-refractivity contribution in [2.75, 3.05) is 19.7 Å². The minimum absolute atomic E-state index is 0.00223. The predicted octanol–water partition coefficient (Wildman–Crippen LogP) is 1.96. The Balaban J connectivity index is 1.96. The van der Waals surface area contributed by atoms with E-state index < -0.39 is 0 Å². The summed E-state index contributed by atoms with van der Waals surface area (Å²) in [6.45, 7) is 4.10. The maximum Gasteiger partial charge on any atom is 0.0936 e. The molecule has 3 heteroatoms. The molecule has 0 bridgehead atoms. The molecule has 0 radical (unpaired) electrons. The lowest BCUT2D eigenvalue weighted by Crippen LogP contribution is -2.51. The zero-order valence-corrected chi connectivity index (χ0v) is 10.8. The molecule has 1 aliphatic carbocycles. The topological polar surface area (TPSA) is 32.7 Å². The first-order valence-electron chi connectivity index (χ1n) is 6.96. The number of hydrogen-bond donors (Lipinski definition) is 1. The van der Waals surface area contributed by atoms with Crippen LogP contribution >= 0.6 is 0 Å². The largest absolute Gasteiger partial charge is 0.394 e. The van der Waals surface area contributed by atoms with Gasteiger partial charge in [0.05, 0.1) is 18.8 Å². The molecule has 1 fully saturated rings. The van der Waals surface area contributed by atoms with Gasteiger partial charge in [-0.05, 0) is 26.2 Å². The molecule has 1 aliphatic heterocycles. The molecule has 1 heterocycles. The molecule has 1 saturated heterocycles. The van der Waals surface area contributed by atoms with E-state index in [0.29, 0.717) is 6.04 Å². The third-order valence-electron chi connectivity index (χ3n) is 3.76. The van der Waals surface area contributed by atoms with Crippen LogP contribution in [0.2, 0.25) is 0 Å². The van der Waals surface area contributed by atoms with E-state index in [0.717, 1.165) is 13.1 Å². The summed E-state index contributed by atoms with van der Waals surface area (Å²) in [5.41, 5.74) is 0. The molecule has 98 valence electrons. The molecule has 3 unspecified atom stereocenters. The monoisotopic (exact) mass is 239 g/mol. The zero-order valence-electron chi connectivity index (χ0n) is 10.8. The Hall–Kier alpha value is -0.380. The first kappa shape index (κ1) is 13.1. The quantitative estimate of drug-likeness (QED) is 0.748. The smallest absolute Gasteiger partial charge is 0.0936 e. The second-order valence-corrected chi connectivity index (χ2v) is 5.34. The number of ether oxygens (including phenoxy) is 1. The summed E-state index contributed by atoms with van der Waals surface area (Å²) in [7, 11) is 0. The molecule has 2 aliphatic rings. The van der Waals surface area contributed by atoms with Gasteiger partial charge in [0.2, 0.25) is 0 Å². The number of aliphatic hydroxyl groups excluding tert-OH is 1. The van der Waals surface area contributed by atoms with Gasteiger partial charge in [0.1, 0.15) is 0 Å². The Morgan fingerprint density at radius 2 is 2.18 bits per heavy atom. The van der Waals surface area contributed by atoms with Gasteiger partial charge in [-0.3, -0.25) is 4.90 Å². The number of hydrogen-bond acceptors (Lipinski definition) is 3. The van der Waals surface area contributed by atoms with E-state index in [2.05, 4.69) is 24.0 Å². The number of morpholine rings is 1. The Bertz CT molecular complexity index is 255. The summed E-state index contributed by atoms with van der Waals surface area (Å²) in [4.78, 5) is 2.48. The van der Waals surface area contributed by atoms with Gasteiger partial charge in [-0.1, -0.05) is 25.0 Å². The van der Waals surface area contributed by atoms with Crippen LogP contribution in [-0.2, 0) is 4.74 Å². The van der Waals surface area contributed by atoms with Crippen molar-refractivity contribution in [1.29, 1.82) is 0 Å². The molecule has 0 amide bonds. The summed E-state index contributed by atoms with van der Waals surface area (Å²) in [5.74, 6) is 0. The van der Waals surface area contributed by atoms with Crippen LogP contribution in [0.5, 0.6) is 0 Å². The Morgan fingerprint density at radius 3 is 3.00 bits per heavy atom. The maximum atomic E-state index is 9.26. The molecular weight excluding hydrogens is 214 g/mol. The van der Waals surface area contributed by atoms with Crippen LogP contribution < -0.4 is 0 Å². The summed E-state index contributed by atoms with van der Waals surface area (Å²) in [6, 6.07) is 0.552. The van der Waals surface area contributed by atoms with Crippen molar-refractivity contribution < 1.29 is 9.84 Å². The molecule has 0 spiro atoms. The zero-order chi connectivity index (χ0) is 12.1. The lowest BCUT2D eigenvalue weighted by atomic mass is 10.00. The lowest BCUT2D eigenvalue weighted by molar-refractivity contribution is -0.102. The summed E-state index contributed by atoms with van der Waals surface area (Å²) in [5, 5.41) is 9.26. The van der Waals surface area contributed by atoms with Crippen LogP contribution in [0.1, 0.15) is 39.0 Å². The number of rotatable bonds is 2. The van der Waals surface area contributed by atoms with Gasteiger partial charge in [0.25, 0.3) is 0 Å². The maximum absolute atomic E-state index is 9.26. The minimum Gasteiger partial charge on any atom is -0.394 e. The van der Waals surface area contributed by atoms with Crippen molar-refractivity contribution in [2.24, 2.45) is 0 Å². The molecule has 1 N–H and O–H groups in total. The Morgan fingerprint density at radius 1 is 1.29 bits per heavy atom. The van der Waals surface area contributed by atoms with Crippen molar-refractivity contribution in [3.8, 4) is 0 Å². The van der Waals surface area contributed by atoms with Gasteiger partial charge in [0.15, 0.2) is 0 Å². The van der Waals surface area contributed by atoms with E-state index in [1.54, 1.807) is 0 Å².